The van der Waals surface area contributed by atoms with Gasteiger partial charge in [0, 0.05) is 31.7 Å². The number of carbonyl (C=O) groups is 1. The van der Waals surface area contributed by atoms with Crippen LogP contribution < -0.4 is 10.6 Å². The smallest absolute Gasteiger partial charge is 0.224 e. The first-order valence-corrected chi connectivity index (χ1v) is 7.08. The maximum atomic E-state index is 12.1. The van der Waals surface area contributed by atoms with Gasteiger partial charge in [-0.2, -0.15) is 0 Å². The van der Waals surface area contributed by atoms with Crippen LogP contribution in [0.25, 0.3) is 0 Å². The lowest BCUT2D eigenvalue weighted by Gasteiger charge is -2.24. The molecule has 1 amide bonds. The van der Waals surface area contributed by atoms with Crippen LogP contribution in [0.3, 0.4) is 0 Å². The molecule has 0 radical (unpaired) electrons. The summed E-state index contributed by atoms with van der Waals surface area (Å²) in [6.45, 7) is 4.20. The molecule has 2 unspecified atom stereocenters. The molecular weight excluding hydrogens is 285 g/mol. The molecule has 2 heterocycles. The maximum absolute atomic E-state index is 12.1. The van der Waals surface area contributed by atoms with Crippen molar-refractivity contribution < 1.29 is 4.79 Å². The molecule has 2 aliphatic heterocycles. The van der Waals surface area contributed by atoms with Gasteiger partial charge in [0.05, 0.1) is 5.92 Å². The second-order valence-corrected chi connectivity index (χ2v) is 5.76. The molecule has 6 heteroatoms. The Hall–Kier alpha value is -0.0300. The van der Waals surface area contributed by atoms with E-state index in [1.807, 2.05) is 0 Å². The molecule has 0 spiro atoms. The largest absolute Gasteiger partial charge is 0.352 e. The summed E-state index contributed by atoms with van der Waals surface area (Å²) in [7, 11) is 0. The molecule has 112 valence electrons. The summed E-state index contributed by atoms with van der Waals surface area (Å²) in [5, 5.41) is 6.55. The van der Waals surface area contributed by atoms with E-state index in [9.17, 15) is 4.79 Å². The van der Waals surface area contributed by atoms with Crippen LogP contribution in [-0.2, 0) is 4.79 Å². The Balaban J connectivity index is 0.000000902. The molecule has 1 aliphatic carbocycles. The zero-order chi connectivity index (χ0) is 11.7. The molecule has 1 saturated carbocycles. The molecule has 2 saturated heterocycles. The van der Waals surface area contributed by atoms with Crippen molar-refractivity contribution in [2.75, 3.05) is 26.2 Å². The van der Waals surface area contributed by atoms with Crippen molar-refractivity contribution in [3.05, 3.63) is 0 Å². The van der Waals surface area contributed by atoms with Gasteiger partial charge in [-0.05, 0) is 38.6 Å². The molecule has 4 nitrogen and oxygen atoms in total. The van der Waals surface area contributed by atoms with Gasteiger partial charge in [0.15, 0.2) is 0 Å². The second-order valence-electron chi connectivity index (χ2n) is 5.76. The average molecular weight is 310 g/mol. The van der Waals surface area contributed by atoms with Gasteiger partial charge in [-0.15, -0.1) is 24.8 Å². The first kappa shape index (κ1) is 17.0. The summed E-state index contributed by atoms with van der Waals surface area (Å²) in [5.41, 5.74) is 0. The average Bonchev–Trinajstić information content (AvgIpc) is 3.12. The van der Waals surface area contributed by atoms with Gasteiger partial charge >= 0.3 is 0 Å². The first-order valence-electron chi connectivity index (χ1n) is 7.08. The third kappa shape index (κ3) is 4.48. The number of rotatable bonds is 3. The highest BCUT2D eigenvalue weighted by Crippen LogP contribution is 2.29. The van der Waals surface area contributed by atoms with E-state index in [0.717, 1.165) is 44.9 Å². The topological polar surface area (TPSA) is 44.4 Å². The molecule has 3 rings (SSSR count). The minimum Gasteiger partial charge on any atom is -0.352 e. The number of hydrogen-bond acceptors (Lipinski definition) is 3. The second kappa shape index (κ2) is 7.67. The highest BCUT2D eigenvalue weighted by molar-refractivity contribution is 5.85. The molecule has 19 heavy (non-hydrogen) atoms. The number of nitrogens with zero attached hydrogens (tertiary/aromatic N) is 1. The Morgan fingerprint density at radius 1 is 1.16 bits per heavy atom. The van der Waals surface area contributed by atoms with Crippen LogP contribution >= 0.6 is 24.8 Å². The molecule has 3 fully saturated rings. The van der Waals surface area contributed by atoms with Crippen molar-refractivity contribution in [2.45, 2.75) is 44.2 Å². The molecule has 0 bridgehead atoms. The van der Waals surface area contributed by atoms with Crippen molar-refractivity contribution in [1.29, 1.82) is 0 Å². The Bertz CT molecular complexity index is 294. The van der Waals surface area contributed by atoms with Crippen molar-refractivity contribution in [3.63, 3.8) is 0 Å². The fourth-order valence-electron chi connectivity index (χ4n) is 3.07. The predicted octanol–water partition coefficient (Wildman–Crippen LogP) is 1.18. The number of halogens is 2. The van der Waals surface area contributed by atoms with Crippen molar-refractivity contribution >= 4 is 30.7 Å². The lowest BCUT2D eigenvalue weighted by atomic mass is 9.98. The summed E-state index contributed by atoms with van der Waals surface area (Å²) >= 11 is 0. The zero-order valence-electron chi connectivity index (χ0n) is 11.3. The lowest BCUT2D eigenvalue weighted by Crippen LogP contribution is -2.45. The minimum absolute atomic E-state index is 0. The fraction of sp³-hybridized carbons (Fsp3) is 0.923. The van der Waals surface area contributed by atoms with Crippen LogP contribution in [0.4, 0.5) is 0 Å². The van der Waals surface area contributed by atoms with Gasteiger partial charge < -0.3 is 10.6 Å². The normalized spacial score (nSPS) is 31.2. The Labute approximate surface area is 127 Å². The molecule has 2 atom stereocenters. The zero-order valence-corrected chi connectivity index (χ0v) is 12.9. The summed E-state index contributed by atoms with van der Waals surface area (Å²) in [5.74, 6) is 0.485. The van der Waals surface area contributed by atoms with Crippen molar-refractivity contribution in [1.82, 2.24) is 15.5 Å². The van der Waals surface area contributed by atoms with E-state index in [1.165, 1.54) is 19.4 Å². The Kier molecular flexibility index (Phi) is 6.87. The van der Waals surface area contributed by atoms with E-state index >= 15 is 0 Å². The maximum Gasteiger partial charge on any atom is 0.224 e. The van der Waals surface area contributed by atoms with E-state index in [4.69, 9.17) is 0 Å². The standard InChI is InChI=1S/C13H23N3O.2ClH/c17-13(10-2-1-6-14-8-10)15-11-5-7-16(9-11)12-3-4-12;;/h10-12,14H,1-9H2,(H,15,17);2*1H. The van der Waals surface area contributed by atoms with E-state index in [0.29, 0.717) is 6.04 Å². The lowest BCUT2D eigenvalue weighted by molar-refractivity contribution is -0.126. The highest BCUT2D eigenvalue weighted by atomic mass is 35.5. The van der Waals surface area contributed by atoms with Crippen LogP contribution in [0, 0.1) is 5.92 Å². The summed E-state index contributed by atoms with van der Waals surface area (Å²) < 4.78 is 0. The van der Waals surface area contributed by atoms with Gasteiger partial charge in [0.1, 0.15) is 0 Å². The number of likely N-dealkylation sites (tertiary alicyclic amines) is 1. The van der Waals surface area contributed by atoms with Crippen molar-refractivity contribution in [3.8, 4) is 0 Å². The van der Waals surface area contributed by atoms with Gasteiger partial charge in [0.25, 0.3) is 0 Å². The first-order chi connectivity index (χ1) is 8.33. The van der Waals surface area contributed by atoms with Crippen LogP contribution in [0.5, 0.6) is 0 Å². The fourth-order valence-corrected chi connectivity index (χ4v) is 3.07. The van der Waals surface area contributed by atoms with Gasteiger partial charge in [-0.3, -0.25) is 9.69 Å². The molecule has 0 aromatic heterocycles. The highest BCUT2D eigenvalue weighted by Gasteiger charge is 2.35. The van der Waals surface area contributed by atoms with Gasteiger partial charge in [-0.25, -0.2) is 0 Å². The Morgan fingerprint density at radius 2 is 1.95 bits per heavy atom. The molecule has 3 aliphatic rings. The molecular formula is C13H25Cl2N3O. The molecule has 2 N–H and O–H groups in total. The SMILES string of the molecule is Cl.Cl.O=C(NC1CCN(C2CC2)C1)C1CCCNC1. The van der Waals surface area contributed by atoms with E-state index in [-0.39, 0.29) is 36.6 Å². The van der Waals surface area contributed by atoms with Crippen molar-refractivity contribution in [2.24, 2.45) is 5.92 Å². The quantitative estimate of drug-likeness (QED) is 0.823. The van der Waals surface area contributed by atoms with Gasteiger partial charge in [0.2, 0.25) is 5.91 Å². The molecule has 0 aromatic rings. The predicted molar refractivity (Wildman–Crippen MR) is 81.2 cm³/mol. The summed E-state index contributed by atoms with van der Waals surface area (Å²) in [6.07, 6.45) is 6.07. The minimum atomic E-state index is 0. The number of piperidine rings is 1. The Morgan fingerprint density at radius 3 is 2.58 bits per heavy atom. The summed E-state index contributed by atoms with van der Waals surface area (Å²) in [6, 6.07) is 1.25. The van der Waals surface area contributed by atoms with Crippen LogP contribution in [0.15, 0.2) is 0 Å². The van der Waals surface area contributed by atoms with Crippen LogP contribution in [-0.4, -0.2) is 49.1 Å². The van der Waals surface area contributed by atoms with E-state index < -0.39 is 0 Å². The summed E-state index contributed by atoms with van der Waals surface area (Å²) in [4.78, 5) is 14.6. The van der Waals surface area contributed by atoms with Gasteiger partial charge in [-0.1, -0.05) is 0 Å². The number of amides is 1. The third-order valence-corrected chi connectivity index (χ3v) is 4.30. The van der Waals surface area contributed by atoms with E-state index in [1.54, 1.807) is 0 Å². The van der Waals surface area contributed by atoms with E-state index in [2.05, 4.69) is 15.5 Å². The van der Waals surface area contributed by atoms with Crippen LogP contribution in [0.1, 0.15) is 32.1 Å². The molecule has 0 aromatic carbocycles. The van der Waals surface area contributed by atoms with Crippen LogP contribution in [0.2, 0.25) is 0 Å². The number of nitrogens with one attached hydrogen (secondary N) is 2. The number of hydrogen-bond donors (Lipinski definition) is 2. The third-order valence-electron chi connectivity index (χ3n) is 4.30. The monoisotopic (exact) mass is 309 g/mol. The number of carbonyl (C=O) groups excluding carboxylic acids is 1.